The van der Waals surface area contributed by atoms with Gasteiger partial charge in [-0.3, -0.25) is 0 Å². The Morgan fingerprint density at radius 2 is 2.05 bits per heavy atom. The molecule has 0 saturated carbocycles. The van der Waals surface area contributed by atoms with Crippen LogP contribution in [-0.4, -0.2) is 13.1 Å². The SMILES string of the molecule is COC(=O)c1sccc1NSc1ccc(C(C)(C)C)cc1Cl. The molecule has 118 valence electrons. The summed E-state index contributed by atoms with van der Waals surface area (Å²) in [7, 11) is 1.38. The highest BCUT2D eigenvalue weighted by Gasteiger charge is 2.16. The van der Waals surface area contributed by atoms with Gasteiger partial charge in [0.15, 0.2) is 0 Å². The molecular weight excluding hydrogens is 338 g/mol. The number of halogens is 1. The van der Waals surface area contributed by atoms with Crippen LogP contribution in [0.25, 0.3) is 0 Å². The van der Waals surface area contributed by atoms with E-state index in [-0.39, 0.29) is 11.4 Å². The minimum atomic E-state index is -0.340. The fourth-order valence-electron chi connectivity index (χ4n) is 1.80. The Morgan fingerprint density at radius 1 is 1.32 bits per heavy atom. The summed E-state index contributed by atoms with van der Waals surface area (Å²) in [5.41, 5.74) is 1.98. The lowest BCUT2D eigenvalue weighted by atomic mass is 9.87. The van der Waals surface area contributed by atoms with E-state index in [0.29, 0.717) is 9.90 Å². The number of ether oxygens (including phenoxy) is 1. The molecule has 0 unspecified atom stereocenters. The van der Waals surface area contributed by atoms with Gasteiger partial charge >= 0.3 is 5.97 Å². The number of esters is 1. The van der Waals surface area contributed by atoms with Crippen molar-refractivity contribution >= 4 is 46.5 Å². The molecule has 2 rings (SSSR count). The number of hydrogen-bond acceptors (Lipinski definition) is 5. The normalized spacial score (nSPS) is 11.3. The zero-order chi connectivity index (χ0) is 16.3. The van der Waals surface area contributed by atoms with E-state index in [4.69, 9.17) is 16.3 Å². The van der Waals surface area contributed by atoms with Gasteiger partial charge in [-0.15, -0.1) is 11.3 Å². The van der Waals surface area contributed by atoms with Gasteiger partial charge in [0.05, 0.1) is 17.8 Å². The van der Waals surface area contributed by atoms with Crippen molar-refractivity contribution in [2.45, 2.75) is 31.1 Å². The minimum Gasteiger partial charge on any atom is -0.465 e. The second-order valence-corrected chi connectivity index (χ2v) is 7.93. The quantitative estimate of drug-likeness (QED) is 0.571. The number of carbonyl (C=O) groups is 1. The number of anilines is 1. The summed E-state index contributed by atoms with van der Waals surface area (Å²) in [5, 5.41) is 2.54. The maximum absolute atomic E-state index is 11.6. The van der Waals surface area contributed by atoms with Crippen LogP contribution < -0.4 is 4.72 Å². The molecule has 0 aliphatic heterocycles. The number of carbonyl (C=O) groups excluding carboxylic acids is 1. The number of benzene rings is 1. The molecule has 0 radical (unpaired) electrons. The first-order valence-corrected chi connectivity index (χ1v) is 8.79. The Hall–Kier alpha value is -1.17. The van der Waals surface area contributed by atoms with E-state index in [2.05, 4.69) is 31.6 Å². The largest absolute Gasteiger partial charge is 0.465 e. The molecule has 2 aromatic rings. The fraction of sp³-hybridized carbons (Fsp3) is 0.312. The lowest BCUT2D eigenvalue weighted by molar-refractivity contribution is 0.0607. The summed E-state index contributed by atoms with van der Waals surface area (Å²) in [6.45, 7) is 6.45. The monoisotopic (exact) mass is 355 g/mol. The van der Waals surface area contributed by atoms with Crippen molar-refractivity contribution in [2.24, 2.45) is 0 Å². The Morgan fingerprint density at radius 3 is 2.64 bits per heavy atom. The molecule has 0 aliphatic rings. The third-order valence-corrected chi connectivity index (χ3v) is 5.32. The van der Waals surface area contributed by atoms with Crippen molar-refractivity contribution < 1.29 is 9.53 Å². The van der Waals surface area contributed by atoms with Gasteiger partial charge in [0, 0.05) is 4.90 Å². The van der Waals surface area contributed by atoms with Crippen molar-refractivity contribution in [1.82, 2.24) is 0 Å². The van der Waals surface area contributed by atoms with Gasteiger partial charge in [0.2, 0.25) is 0 Å². The number of methoxy groups -OCH3 is 1. The van der Waals surface area contributed by atoms with Gasteiger partial charge in [-0.05, 0) is 46.5 Å². The van der Waals surface area contributed by atoms with Crippen LogP contribution in [0, 0.1) is 0 Å². The summed E-state index contributed by atoms with van der Waals surface area (Å²) in [6.07, 6.45) is 0. The van der Waals surface area contributed by atoms with Gasteiger partial charge < -0.3 is 9.46 Å². The van der Waals surface area contributed by atoms with Crippen LogP contribution in [0.5, 0.6) is 0 Å². The van der Waals surface area contributed by atoms with Crippen LogP contribution in [0.3, 0.4) is 0 Å². The number of thiophene rings is 1. The molecule has 0 saturated heterocycles. The van der Waals surface area contributed by atoms with Gasteiger partial charge in [-0.25, -0.2) is 4.79 Å². The molecule has 0 fully saturated rings. The highest BCUT2D eigenvalue weighted by molar-refractivity contribution is 8.00. The lowest BCUT2D eigenvalue weighted by Gasteiger charge is -2.20. The topological polar surface area (TPSA) is 38.3 Å². The van der Waals surface area contributed by atoms with Crippen LogP contribution in [0.1, 0.15) is 36.0 Å². The molecule has 1 aromatic heterocycles. The zero-order valence-corrected chi connectivity index (χ0v) is 15.3. The summed E-state index contributed by atoms with van der Waals surface area (Å²) in [4.78, 5) is 13.1. The first kappa shape index (κ1) is 17.2. The minimum absolute atomic E-state index is 0.0612. The Kier molecular flexibility index (Phi) is 5.42. The van der Waals surface area contributed by atoms with Crippen molar-refractivity contribution in [3.8, 4) is 0 Å². The van der Waals surface area contributed by atoms with E-state index in [1.807, 2.05) is 23.6 Å². The molecule has 0 amide bonds. The average molecular weight is 356 g/mol. The molecule has 1 heterocycles. The molecule has 0 spiro atoms. The van der Waals surface area contributed by atoms with Crippen LogP contribution in [-0.2, 0) is 10.2 Å². The Balaban J connectivity index is 2.13. The third-order valence-electron chi connectivity index (χ3n) is 3.10. The van der Waals surface area contributed by atoms with Crippen LogP contribution >= 0.6 is 34.9 Å². The van der Waals surface area contributed by atoms with Gasteiger partial charge in [0.25, 0.3) is 0 Å². The van der Waals surface area contributed by atoms with E-state index in [1.54, 1.807) is 0 Å². The highest BCUT2D eigenvalue weighted by Crippen LogP contribution is 2.34. The molecule has 0 aliphatic carbocycles. The van der Waals surface area contributed by atoms with Crippen molar-refractivity contribution in [3.63, 3.8) is 0 Å². The van der Waals surface area contributed by atoms with E-state index in [0.717, 1.165) is 10.6 Å². The standard InChI is InChI=1S/C16H18ClNO2S2/c1-16(2,3)10-5-6-13(11(17)9-10)22-18-12-7-8-21-14(12)15(19)20-4/h5-9,18H,1-4H3. The van der Waals surface area contributed by atoms with E-state index >= 15 is 0 Å². The average Bonchev–Trinajstić information content (AvgIpc) is 2.92. The maximum Gasteiger partial charge on any atom is 0.350 e. The lowest BCUT2D eigenvalue weighted by Crippen LogP contribution is -2.10. The first-order valence-electron chi connectivity index (χ1n) is 6.71. The van der Waals surface area contributed by atoms with Crippen LogP contribution in [0.4, 0.5) is 5.69 Å². The smallest absolute Gasteiger partial charge is 0.350 e. The Labute approximate surface area is 144 Å². The number of hydrogen-bond donors (Lipinski definition) is 1. The van der Waals surface area contributed by atoms with E-state index in [1.165, 1.54) is 36.0 Å². The zero-order valence-electron chi connectivity index (χ0n) is 12.9. The van der Waals surface area contributed by atoms with E-state index in [9.17, 15) is 4.79 Å². The van der Waals surface area contributed by atoms with E-state index < -0.39 is 0 Å². The second-order valence-electron chi connectivity index (χ2n) is 5.75. The molecule has 6 heteroatoms. The molecule has 22 heavy (non-hydrogen) atoms. The third kappa shape index (κ3) is 3.97. The maximum atomic E-state index is 11.6. The summed E-state index contributed by atoms with van der Waals surface area (Å²) in [6, 6.07) is 7.90. The predicted octanol–water partition coefficient (Wildman–Crippen LogP) is 5.60. The van der Waals surface area contributed by atoms with Crippen molar-refractivity contribution in [1.29, 1.82) is 0 Å². The van der Waals surface area contributed by atoms with Crippen molar-refractivity contribution in [2.75, 3.05) is 11.8 Å². The van der Waals surface area contributed by atoms with Gasteiger partial charge in [-0.1, -0.05) is 38.4 Å². The summed E-state index contributed by atoms with van der Waals surface area (Å²) >= 11 is 9.08. The molecule has 0 bridgehead atoms. The van der Waals surface area contributed by atoms with Gasteiger partial charge in [0.1, 0.15) is 4.88 Å². The second kappa shape index (κ2) is 6.94. The number of rotatable bonds is 4. The Bertz CT molecular complexity index is 677. The van der Waals surface area contributed by atoms with Gasteiger partial charge in [-0.2, -0.15) is 0 Å². The first-order chi connectivity index (χ1) is 10.3. The van der Waals surface area contributed by atoms with Crippen LogP contribution in [0.2, 0.25) is 5.02 Å². The molecule has 0 atom stereocenters. The van der Waals surface area contributed by atoms with Crippen molar-refractivity contribution in [3.05, 3.63) is 45.1 Å². The predicted molar refractivity (Wildman–Crippen MR) is 95.3 cm³/mol. The fourth-order valence-corrected chi connectivity index (χ4v) is 3.61. The molecule has 3 nitrogen and oxygen atoms in total. The number of nitrogens with one attached hydrogen (secondary N) is 1. The molecule has 1 N–H and O–H groups in total. The van der Waals surface area contributed by atoms with Crippen LogP contribution in [0.15, 0.2) is 34.5 Å². The highest BCUT2D eigenvalue weighted by atomic mass is 35.5. The summed E-state index contributed by atoms with van der Waals surface area (Å²) in [5.74, 6) is -0.340. The molecule has 1 aromatic carbocycles. The summed E-state index contributed by atoms with van der Waals surface area (Å²) < 4.78 is 7.93. The molecular formula is C16H18ClNO2S2.